The lowest BCUT2D eigenvalue weighted by atomic mass is 10.2. The molecule has 0 unspecified atom stereocenters. The van der Waals surface area contributed by atoms with Gasteiger partial charge < -0.3 is 15.4 Å². The van der Waals surface area contributed by atoms with Gasteiger partial charge in [0.25, 0.3) is 0 Å². The van der Waals surface area contributed by atoms with Crippen LogP contribution in [0.4, 0.5) is 11.4 Å². The molecule has 0 bridgehead atoms. The molecule has 3 aromatic rings. The Labute approximate surface area is 153 Å². The van der Waals surface area contributed by atoms with Crippen LogP contribution in [0.25, 0.3) is 0 Å². The Morgan fingerprint density at radius 1 is 0.885 bits per heavy atom. The summed E-state index contributed by atoms with van der Waals surface area (Å²) < 4.78 is 5.81. The van der Waals surface area contributed by atoms with Gasteiger partial charge in [0.1, 0.15) is 12.4 Å². The van der Waals surface area contributed by atoms with Gasteiger partial charge in [0.05, 0.1) is 6.54 Å². The van der Waals surface area contributed by atoms with E-state index in [0.29, 0.717) is 6.61 Å². The molecule has 3 rings (SSSR count). The molecule has 0 atom stereocenters. The zero-order valence-electron chi connectivity index (χ0n) is 14.7. The average Bonchev–Trinajstić information content (AvgIpc) is 2.68. The molecule has 0 heterocycles. The maximum Gasteiger partial charge on any atom is 0.243 e. The van der Waals surface area contributed by atoms with E-state index < -0.39 is 0 Å². The van der Waals surface area contributed by atoms with E-state index in [0.717, 1.165) is 28.3 Å². The Morgan fingerprint density at radius 3 is 2.42 bits per heavy atom. The molecule has 0 aliphatic heterocycles. The number of anilines is 2. The maximum atomic E-state index is 12.1. The second kappa shape index (κ2) is 8.72. The third-order valence-electron chi connectivity index (χ3n) is 3.87. The van der Waals surface area contributed by atoms with Crippen molar-refractivity contribution in [1.82, 2.24) is 0 Å². The number of rotatable bonds is 7. The van der Waals surface area contributed by atoms with Crippen molar-refractivity contribution in [2.24, 2.45) is 0 Å². The SMILES string of the molecule is Cc1ccc(NC(=O)CNc2cccc(OCc3ccccc3)c2)cc1. The molecule has 26 heavy (non-hydrogen) atoms. The zero-order valence-corrected chi connectivity index (χ0v) is 14.7. The third-order valence-corrected chi connectivity index (χ3v) is 3.87. The first-order valence-electron chi connectivity index (χ1n) is 8.56. The fourth-order valence-corrected chi connectivity index (χ4v) is 2.46. The molecule has 132 valence electrons. The summed E-state index contributed by atoms with van der Waals surface area (Å²) in [6.07, 6.45) is 0. The van der Waals surface area contributed by atoms with Crippen LogP contribution in [-0.2, 0) is 11.4 Å². The highest BCUT2D eigenvalue weighted by molar-refractivity contribution is 5.93. The standard InChI is InChI=1S/C22H22N2O2/c1-17-10-12-19(13-11-17)24-22(25)15-23-20-8-5-9-21(14-20)26-16-18-6-3-2-4-7-18/h2-14,23H,15-16H2,1H3,(H,24,25). The minimum absolute atomic E-state index is 0.0931. The van der Waals surface area contributed by atoms with Crippen molar-refractivity contribution in [2.75, 3.05) is 17.2 Å². The molecule has 0 aliphatic rings. The number of carbonyl (C=O) groups excluding carboxylic acids is 1. The lowest BCUT2D eigenvalue weighted by Crippen LogP contribution is -2.21. The molecule has 1 amide bonds. The Balaban J connectivity index is 1.50. The predicted molar refractivity (Wildman–Crippen MR) is 106 cm³/mol. The zero-order chi connectivity index (χ0) is 18.2. The molecule has 0 saturated carbocycles. The first kappa shape index (κ1) is 17.5. The first-order valence-corrected chi connectivity index (χ1v) is 8.56. The van der Waals surface area contributed by atoms with E-state index in [2.05, 4.69) is 10.6 Å². The molecular formula is C22H22N2O2. The number of benzene rings is 3. The van der Waals surface area contributed by atoms with E-state index in [1.54, 1.807) is 0 Å². The number of hydrogen-bond donors (Lipinski definition) is 2. The summed E-state index contributed by atoms with van der Waals surface area (Å²) in [7, 11) is 0. The molecule has 3 aromatic carbocycles. The van der Waals surface area contributed by atoms with Crippen LogP contribution in [-0.4, -0.2) is 12.5 Å². The Hall–Kier alpha value is -3.27. The van der Waals surface area contributed by atoms with E-state index in [1.807, 2.05) is 85.8 Å². The molecule has 0 aliphatic carbocycles. The third kappa shape index (κ3) is 5.38. The van der Waals surface area contributed by atoms with Crippen LogP contribution >= 0.6 is 0 Å². The van der Waals surface area contributed by atoms with Crippen molar-refractivity contribution in [2.45, 2.75) is 13.5 Å². The van der Waals surface area contributed by atoms with Crippen molar-refractivity contribution in [3.63, 3.8) is 0 Å². The summed E-state index contributed by atoms with van der Waals surface area (Å²) >= 11 is 0. The predicted octanol–water partition coefficient (Wildman–Crippen LogP) is 4.62. The number of nitrogens with one attached hydrogen (secondary N) is 2. The topological polar surface area (TPSA) is 50.4 Å². The number of carbonyl (C=O) groups is 1. The molecule has 0 aromatic heterocycles. The van der Waals surface area contributed by atoms with E-state index >= 15 is 0 Å². The van der Waals surface area contributed by atoms with Crippen molar-refractivity contribution < 1.29 is 9.53 Å². The summed E-state index contributed by atoms with van der Waals surface area (Å²) in [6, 6.07) is 25.3. The Morgan fingerprint density at radius 2 is 1.65 bits per heavy atom. The smallest absolute Gasteiger partial charge is 0.243 e. The summed E-state index contributed by atoms with van der Waals surface area (Å²) in [5, 5.41) is 5.99. The van der Waals surface area contributed by atoms with Gasteiger partial charge in [-0.2, -0.15) is 0 Å². The fraction of sp³-hybridized carbons (Fsp3) is 0.136. The number of aryl methyl sites for hydroxylation is 1. The van der Waals surface area contributed by atoms with Gasteiger partial charge in [0, 0.05) is 17.4 Å². The monoisotopic (exact) mass is 346 g/mol. The fourth-order valence-electron chi connectivity index (χ4n) is 2.46. The van der Waals surface area contributed by atoms with E-state index in [1.165, 1.54) is 0 Å². The van der Waals surface area contributed by atoms with Gasteiger partial charge in [-0.05, 0) is 36.8 Å². The number of hydrogen-bond acceptors (Lipinski definition) is 3. The van der Waals surface area contributed by atoms with Crippen LogP contribution in [0.2, 0.25) is 0 Å². The minimum atomic E-state index is -0.0931. The van der Waals surface area contributed by atoms with Crippen molar-refractivity contribution in [1.29, 1.82) is 0 Å². The average molecular weight is 346 g/mol. The largest absolute Gasteiger partial charge is 0.489 e. The van der Waals surface area contributed by atoms with Crippen molar-refractivity contribution in [3.05, 3.63) is 90.0 Å². The van der Waals surface area contributed by atoms with Crippen LogP contribution in [0.3, 0.4) is 0 Å². The van der Waals surface area contributed by atoms with Gasteiger partial charge in [-0.3, -0.25) is 4.79 Å². The molecule has 4 heteroatoms. The second-order valence-electron chi connectivity index (χ2n) is 6.07. The quantitative estimate of drug-likeness (QED) is 0.656. The molecule has 4 nitrogen and oxygen atoms in total. The van der Waals surface area contributed by atoms with E-state index in [9.17, 15) is 4.79 Å². The molecule has 0 saturated heterocycles. The molecule has 0 radical (unpaired) electrons. The number of ether oxygens (including phenoxy) is 1. The van der Waals surface area contributed by atoms with Crippen molar-refractivity contribution >= 4 is 17.3 Å². The highest BCUT2D eigenvalue weighted by atomic mass is 16.5. The molecule has 0 spiro atoms. The van der Waals surface area contributed by atoms with Crippen LogP contribution in [0, 0.1) is 6.92 Å². The van der Waals surface area contributed by atoms with Gasteiger partial charge in [-0.1, -0.05) is 54.1 Å². The summed E-state index contributed by atoms with van der Waals surface area (Å²) in [6.45, 7) is 2.72. The van der Waals surface area contributed by atoms with Gasteiger partial charge in [-0.25, -0.2) is 0 Å². The molecule has 2 N–H and O–H groups in total. The van der Waals surface area contributed by atoms with Gasteiger partial charge >= 0.3 is 0 Å². The van der Waals surface area contributed by atoms with E-state index in [-0.39, 0.29) is 12.5 Å². The normalized spacial score (nSPS) is 10.2. The Kier molecular flexibility index (Phi) is 5.88. The van der Waals surface area contributed by atoms with Gasteiger partial charge in [-0.15, -0.1) is 0 Å². The first-order chi connectivity index (χ1) is 12.7. The van der Waals surface area contributed by atoms with Crippen LogP contribution in [0.15, 0.2) is 78.9 Å². The summed E-state index contributed by atoms with van der Waals surface area (Å²) in [5.74, 6) is 0.669. The summed E-state index contributed by atoms with van der Waals surface area (Å²) in [4.78, 5) is 12.1. The Bertz CT molecular complexity index is 846. The lowest BCUT2D eigenvalue weighted by Gasteiger charge is -2.10. The van der Waals surface area contributed by atoms with E-state index in [4.69, 9.17) is 4.74 Å². The number of amides is 1. The van der Waals surface area contributed by atoms with Crippen molar-refractivity contribution in [3.8, 4) is 5.75 Å². The molecule has 0 fully saturated rings. The van der Waals surface area contributed by atoms with Gasteiger partial charge in [0.2, 0.25) is 5.91 Å². The molecular weight excluding hydrogens is 324 g/mol. The van der Waals surface area contributed by atoms with Crippen LogP contribution in [0.1, 0.15) is 11.1 Å². The second-order valence-corrected chi connectivity index (χ2v) is 6.07. The van der Waals surface area contributed by atoms with Crippen LogP contribution < -0.4 is 15.4 Å². The highest BCUT2D eigenvalue weighted by Gasteiger charge is 2.03. The maximum absolute atomic E-state index is 12.1. The van der Waals surface area contributed by atoms with Crippen LogP contribution in [0.5, 0.6) is 5.75 Å². The summed E-state index contributed by atoms with van der Waals surface area (Å²) in [5.41, 5.74) is 3.91. The highest BCUT2D eigenvalue weighted by Crippen LogP contribution is 2.18. The van der Waals surface area contributed by atoms with Gasteiger partial charge in [0.15, 0.2) is 0 Å². The minimum Gasteiger partial charge on any atom is -0.489 e. The lowest BCUT2D eigenvalue weighted by molar-refractivity contribution is -0.114.